The Hall–Kier alpha value is -3.12. The summed E-state index contributed by atoms with van der Waals surface area (Å²) in [5.74, 6) is 0.285. The van der Waals surface area contributed by atoms with Crippen molar-refractivity contribution >= 4 is 60.2 Å². The summed E-state index contributed by atoms with van der Waals surface area (Å²) >= 11 is 2.83. The summed E-state index contributed by atoms with van der Waals surface area (Å²) in [7, 11) is -2.07. The minimum absolute atomic E-state index is 0.173. The van der Waals surface area contributed by atoms with Gasteiger partial charge < -0.3 is 4.74 Å². The molecule has 2 aromatic carbocycles. The second-order valence-corrected chi connectivity index (χ2v) is 12.8. The molecule has 0 N–H and O–H groups in total. The first-order chi connectivity index (χ1) is 18.9. The number of methoxy groups -OCH3 is 1. The van der Waals surface area contributed by atoms with Gasteiger partial charge in [-0.1, -0.05) is 44.1 Å². The normalized spacial score (nSPS) is 12.0. The van der Waals surface area contributed by atoms with Crippen LogP contribution >= 0.6 is 22.7 Å². The molecular formula is C28H32N4O4S3. The zero-order valence-corrected chi connectivity index (χ0v) is 24.7. The molecule has 11 heteroatoms. The van der Waals surface area contributed by atoms with Crippen molar-refractivity contribution in [3.05, 3.63) is 70.4 Å². The third-order valence-electron chi connectivity index (χ3n) is 6.06. The predicted octanol–water partition coefficient (Wildman–Crippen LogP) is 6.64. The number of hydrogen-bond donors (Lipinski definition) is 0. The Bertz CT molecular complexity index is 1510. The number of hydrazone groups is 1. The van der Waals surface area contributed by atoms with E-state index in [9.17, 15) is 13.2 Å². The summed E-state index contributed by atoms with van der Waals surface area (Å²) in [6.07, 6.45) is 5.03. The van der Waals surface area contributed by atoms with E-state index in [1.807, 2.05) is 49.6 Å². The van der Waals surface area contributed by atoms with E-state index in [4.69, 9.17) is 4.74 Å². The molecule has 0 saturated heterocycles. The number of carbonyl (C=O) groups excluding carboxylic acids is 1. The van der Waals surface area contributed by atoms with Gasteiger partial charge in [-0.2, -0.15) is 14.4 Å². The van der Waals surface area contributed by atoms with E-state index in [2.05, 4.69) is 10.1 Å². The van der Waals surface area contributed by atoms with Gasteiger partial charge >= 0.3 is 0 Å². The number of ether oxygens (including phenoxy) is 1. The van der Waals surface area contributed by atoms with E-state index in [0.717, 1.165) is 40.8 Å². The van der Waals surface area contributed by atoms with E-state index >= 15 is 0 Å². The number of rotatable bonds is 13. The van der Waals surface area contributed by atoms with Crippen LogP contribution in [0.3, 0.4) is 0 Å². The van der Waals surface area contributed by atoms with Crippen LogP contribution in [0.5, 0.6) is 5.75 Å². The SMILES string of the molecule is CCCCN(CCCC)S(=O)(=O)c1ccc(C(=O)N(/N=C/c2cccs2)c2nc3ccc(OC)cc3s2)cc1. The molecule has 0 radical (unpaired) electrons. The van der Waals surface area contributed by atoms with E-state index in [0.29, 0.717) is 29.5 Å². The summed E-state index contributed by atoms with van der Waals surface area (Å²) < 4.78 is 34.4. The first kappa shape index (κ1) is 28.9. The molecule has 0 aliphatic heterocycles. The van der Waals surface area contributed by atoms with Gasteiger partial charge in [0.05, 0.1) is 28.4 Å². The van der Waals surface area contributed by atoms with Crippen molar-refractivity contribution < 1.29 is 17.9 Å². The fourth-order valence-corrected chi connectivity index (χ4v) is 6.89. The summed E-state index contributed by atoms with van der Waals surface area (Å²) in [6.45, 7) is 5.04. The smallest absolute Gasteiger partial charge is 0.280 e. The summed E-state index contributed by atoms with van der Waals surface area (Å²) in [4.78, 5) is 19.4. The van der Waals surface area contributed by atoms with Crippen LogP contribution in [0.2, 0.25) is 0 Å². The number of fused-ring (bicyclic) bond motifs is 1. The van der Waals surface area contributed by atoms with E-state index in [1.54, 1.807) is 17.6 Å². The average Bonchev–Trinajstić information content (AvgIpc) is 3.62. The van der Waals surface area contributed by atoms with Gasteiger partial charge in [-0.05, 0) is 66.8 Å². The lowest BCUT2D eigenvalue weighted by Crippen LogP contribution is -2.33. The first-order valence-electron chi connectivity index (χ1n) is 12.8. The molecule has 0 spiro atoms. The van der Waals surface area contributed by atoms with Crippen molar-refractivity contribution in [1.29, 1.82) is 0 Å². The lowest BCUT2D eigenvalue weighted by molar-refractivity contribution is 0.0987. The maximum Gasteiger partial charge on any atom is 0.280 e. The van der Waals surface area contributed by atoms with Gasteiger partial charge in [0.2, 0.25) is 15.2 Å². The van der Waals surface area contributed by atoms with Gasteiger partial charge in [0.15, 0.2) is 0 Å². The number of nitrogens with zero attached hydrogens (tertiary/aromatic N) is 4. The van der Waals surface area contributed by atoms with Crippen molar-refractivity contribution in [1.82, 2.24) is 9.29 Å². The lowest BCUT2D eigenvalue weighted by atomic mass is 10.2. The molecule has 0 fully saturated rings. The zero-order chi connectivity index (χ0) is 27.8. The zero-order valence-electron chi connectivity index (χ0n) is 22.2. The number of unbranched alkanes of at least 4 members (excludes halogenated alkanes) is 2. The number of amides is 1. The highest BCUT2D eigenvalue weighted by Gasteiger charge is 2.25. The summed E-state index contributed by atoms with van der Waals surface area (Å²) in [5, 5.41) is 8.07. The molecule has 0 aliphatic rings. The Labute approximate surface area is 237 Å². The second-order valence-electron chi connectivity index (χ2n) is 8.84. The Morgan fingerprint density at radius 2 is 1.77 bits per heavy atom. The third kappa shape index (κ3) is 6.91. The van der Waals surface area contributed by atoms with Gasteiger partial charge in [-0.25, -0.2) is 13.4 Å². The van der Waals surface area contributed by atoms with Gasteiger partial charge in [0.1, 0.15) is 5.75 Å². The Kier molecular flexibility index (Phi) is 9.84. The van der Waals surface area contributed by atoms with Crippen LogP contribution < -0.4 is 9.75 Å². The number of thiophene rings is 1. The molecule has 0 bridgehead atoms. The molecule has 0 atom stereocenters. The molecule has 8 nitrogen and oxygen atoms in total. The van der Waals surface area contributed by atoms with E-state index in [1.165, 1.54) is 51.9 Å². The number of benzene rings is 2. The van der Waals surface area contributed by atoms with Crippen molar-refractivity contribution in [2.75, 3.05) is 25.2 Å². The van der Waals surface area contributed by atoms with Crippen LogP contribution in [0.15, 0.2) is 70.0 Å². The van der Waals surface area contributed by atoms with E-state index < -0.39 is 15.9 Å². The number of carbonyl (C=O) groups is 1. The molecule has 4 rings (SSSR count). The molecule has 2 heterocycles. The number of hydrogen-bond acceptors (Lipinski definition) is 8. The fraction of sp³-hybridized carbons (Fsp3) is 0.321. The molecular weight excluding hydrogens is 553 g/mol. The van der Waals surface area contributed by atoms with Gasteiger partial charge in [-0.15, -0.1) is 11.3 Å². The highest BCUT2D eigenvalue weighted by molar-refractivity contribution is 7.89. The highest BCUT2D eigenvalue weighted by Crippen LogP contribution is 2.32. The maximum atomic E-state index is 13.7. The van der Waals surface area contributed by atoms with Crippen molar-refractivity contribution in [3.8, 4) is 5.75 Å². The minimum Gasteiger partial charge on any atom is -0.497 e. The van der Waals surface area contributed by atoms with Gasteiger partial charge in [0, 0.05) is 23.5 Å². The molecule has 0 aliphatic carbocycles. The second kappa shape index (κ2) is 13.3. The molecule has 0 unspecified atom stereocenters. The standard InChI is InChI=1S/C28H32N4O4S3/c1-4-6-16-31(17-7-5-2)39(34,35)24-13-10-21(11-14-24)27(33)32(29-20-23-9-8-18-37-23)28-30-25-15-12-22(36-3)19-26(25)38-28/h8-15,18-20H,4-7,16-17H2,1-3H3/b29-20+. The highest BCUT2D eigenvalue weighted by atomic mass is 32.2. The molecule has 39 heavy (non-hydrogen) atoms. The Balaban J connectivity index is 1.65. The monoisotopic (exact) mass is 584 g/mol. The number of anilines is 1. The maximum absolute atomic E-state index is 13.7. The van der Waals surface area contributed by atoms with Crippen molar-refractivity contribution in [2.45, 2.75) is 44.4 Å². The largest absolute Gasteiger partial charge is 0.497 e. The van der Waals surface area contributed by atoms with Crippen molar-refractivity contribution in [2.24, 2.45) is 5.10 Å². The van der Waals surface area contributed by atoms with E-state index in [-0.39, 0.29) is 4.90 Å². The van der Waals surface area contributed by atoms with Crippen LogP contribution in [0.1, 0.15) is 54.8 Å². The average molecular weight is 585 g/mol. The predicted molar refractivity (Wildman–Crippen MR) is 160 cm³/mol. The molecule has 2 aromatic heterocycles. The number of thiazole rings is 1. The Morgan fingerprint density at radius 1 is 1.05 bits per heavy atom. The van der Waals surface area contributed by atoms with Crippen LogP contribution in [-0.4, -0.2) is 50.0 Å². The quantitative estimate of drug-likeness (QED) is 0.130. The fourth-order valence-electron chi connectivity index (χ4n) is 3.84. The minimum atomic E-state index is -3.67. The molecule has 4 aromatic rings. The number of sulfonamides is 1. The Morgan fingerprint density at radius 3 is 2.38 bits per heavy atom. The van der Waals surface area contributed by atoms with Crippen LogP contribution in [0.4, 0.5) is 5.13 Å². The molecule has 1 amide bonds. The molecule has 0 saturated carbocycles. The van der Waals surface area contributed by atoms with Crippen LogP contribution in [0.25, 0.3) is 10.2 Å². The third-order valence-corrected chi connectivity index (χ3v) is 9.78. The summed E-state index contributed by atoms with van der Waals surface area (Å²) in [6, 6.07) is 15.4. The van der Waals surface area contributed by atoms with Gasteiger partial charge in [-0.3, -0.25) is 4.79 Å². The lowest BCUT2D eigenvalue weighted by Gasteiger charge is -2.22. The summed E-state index contributed by atoms with van der Waals surface area (Å²) in [5.41, 5.74) is 1.03. The first-order valence-corrected chi connectivity index (χ1v) is 16.0. The van der Waals surface area contributed by atoms with Gasteiger partial charge in [0.25, 0.3) is 5.91 Å². The number of aromatic nitrogens is 1. The van der Waals surface area contributed by atoms with Crippen LogP contribution in [-0.2, 0) is 10.0 Å². The topological polar surface area (TPSA) is 92.2 Å². The molecule has 206 valence electrons. The van der Waals surface area contributed by atoms with Crippen LogP contribution in [0, 0.1) is 0 Å². The van der Waals surface area contributed by atoms with Crippen molar-refractivity contribution in [3.63, 3.8) is 0 Å².